The zero-order valence-corrected chi connectivity index (χ0v) is 13.8. The molecule has 120 valence electrons. The highest BCUT2D eigenvalue weighted by Gasteiger charge is 2.16. The van der Waals surface area contributed by atoms with E-state index in [2.05, 4.69) is 16.1 Å². The van der Waals surface area contributed by atoms with E-state index in [-0.39, 0.29) is 5.75 Å². The molecule has 1 aromatic carbocycles. The SMILES string of the molecule is Cc1cc2c(-c3ccccc3O)nc(-c3cn(C)nc3C)cc2[nH]1. The molecule has 3 heterocycles. The first kappa shape index (κ1) is 14.5. The molecule has 0 aliphatic rings. The van der Waals surface area contributed by atoms with Gasteiger partial charge >= 0.3 is 0 Å². The first-order chi connectivity index (χ1) is 11.5. The predicted octanol–water partition coefficient (Wildman–Crippen LogP) is 3.95. The molecule has 0 saturated carbocycles. The molecule has 0 atom stereocenters. The minimum absolute atomic E-state index is 0.227. The van der Waals surface area contributed by atoms with Gasteiger partial charge in [0.2, 0.25) is 0 Å². The van der Waals surface area contributed by atoms with E-state index in [0.29, 0.717) is 0 Å². The number of aryl methyl sites for hydroxylation is 3. The Morgan fingerprint density at radius 1 is 1.08 bits per heavy atom. The van der Waals surface area contributed by atoms with Gasteiger partial charge in [-0.1, -0.05) is 12.1 Å². The van der Waals surface area contributed by atoms with Gasteiger partial charge in [0.25, 0.3) is 0 Å². The van der Waals surface area contributed by atoms with E-state index in [4.69, 9.17) is 4.98 Å². The fourth-order valence-corrected chi connectivity index (χ4v) is 3.14. The van der Waals surface area contributed by atoms with Crippen molar-refractivity contribution in [3.05, 3.63) is 54.0 Å². The molecular weight excluding hydrogens is 300 g/mol. The number of phenols is 1. The Balaban J connectivity index is 2.05. The highest BCUT2D eigenvalue weighted by molar-refractivity contribution is 5.97. The van der Waals surface area contributed by atoms with Crippen molar-refractivity contribution in [3.8, 4) is 28.3 Å². The number of fused-ring (bicyclic) bond motifs is 1. The van der Waals surface area contributed by atoms with Gasteiger partial charge in [-0.15, -0.1) is 0 Å². The molecule has 0 fully saturated rings. The van der Waals surface area contributed by atoms with Crippen LogP contribution in [0.25, 0.3) is 33.4 Å². The maximum Gasteiger partial charge on any atom is 0.124 e. The molecular formula is C19H18N4O. The third-order valence-corrected chi connectivity index (χ3v) is 4.20. The van der Waals surface area contributed by atoms with Crippen LogP contribution in [0.15, 0.2) is 42.6 Å². The molecule has 0 bridgehead atoms. The van der Waals surface area contributed by atoms with E-state index < -0.39 is 0 Å². The first-order valence-electron chi connectivity index (χ1n) is 7.82. The van der Waals surface area contributed by atoms with Crippen LogP contribution in [0, 0.1) is 13.8 Å². The topological polar surface area (TPSA) is 66.7 Å². The summed E-state index contributed by atoms with van der Waals surface area (Å²) < 4.78 is 1.79. The van der Waals surface area contributed by atoms with Crippen LogP contribution < -0.4 is 0 Å². The number of para-hydroxylation sites is 1. The number of benzene rings is 1. The molecule has 0 spiro atoms. The van der Waals surface area contributed by atoms with Crippen LogP contribution >= 0.6 is 0 Å². The molecule has 3 aromatic heterocycles. The summed E-state index contributed by atoms with van der Waals surface area (Å²) in [5.41, 5.74) is 6.31. The average molecular weight is 318 g/mol. The lowest BCUT2D eigenvalue weighted by atomic mass is 10.0. The summed E-state index contributed by atoms with van der Waals surface area (Å²) in [6.45, 7) is 3.99. The van der Waals surface area contributed by atoms with Gasteiger partial charge in [0.05, 0.1) is 17.1 Å². The first-order valence-corrected chi connectivity index (χ1v) is 7.82. The van der Waals surface area contributed by atoms with Crippen LogP contribution in [0.3, 0.4) is 0 Å². The van der Waals surface area contributed by atoms with Crippen LogP contribution in [-0.2, 0) is 7.05 Å². The summed E-state index contributed by atoms with van der Waals surface area (Å²) in [5, 5.41) is 15.7. The number of aromatic hydroxyl groups is 1. The number of phenolic OH excluding ortho intramolecular Hbond substituents is 1. The van der Waals surface area contributed by atoms with Crippen molar-refractivity contribution in [1.29, 1.82) is 0 Å². The molecule has 2 N–H and O–H groups in total. The zero-order chi connectivity index (χ0) is 16.8. The molecule has 0 unspecified atom stereocenters. The number of aromatic amines is 1. The lowest BCUT2D eigenvalue weighted by Gasteiger charge is -2.08. The Hall–Kier alpha value is -3.08. The second-order valence-electron chi connectivity index (χ2n) is 6.09. The number of nitrogens with zero attached hydrogens (tertiary/aromatic N) is 3. The third-order valence-electron chi connectivity index (χ3n) is 4.20. The predicted molar refractivity (Wildman–Crippen MR) is 94.9 cm³/mol. The summed E-state index contributed by atoms with van der Waals surface area (Å²) in [6.07, 6.45) is 1.97. The summed E-state index contributed by atoms with van der Waals surface area (Å²) in [5.74, 6) is 0.227. The Morgan fingerprint density at radius 3 is 2.58 bits per heavy atom. The Morgan fingerprint density at radius 2 is 1.88 bits per heavy atom. The van der Waals surface area contributed by atoms with Crippen molar-refractivity contribution < 1.29 is 5.11 Å². The second-order valence-corrected chi connectivity index (χ2v) is 6.09. The van der Waals surface area contributed by atoms with Crippen molar-refractivity contribution in [2.24, 2.45) is 7.05 Å². The van der Waals surface area contributed by atoms with Crippen molar-refractivity contribution >= 4 is 10.9 Å². The van der Waals surface area contributed by atoms with E-state index in [1.165, 1.54) is 0 Å². The highest BCUT2D eigenvalue weighted by atomic mass is 16.3. The van der Waals surface area contributed by atoms with E-state index in [1.807, 2.05) is 51.4 Å². The summed E-state index contributed by atoms with van der Waals surface area (Å²) in [6, 6.07) is 11.4. The minimum Gasteiger partial charge on any atom is -0.507 e. The van der Waals surface area contributed by atoms with Crippen molar-refractivity contribution in [1.82, 2.24) is 19.7 Å². The van der Waals surface area contributed by atoms with Gasteiger partial charge in [-0.05, 0) is 38.1 Å². The largest absolute Gasteiger partial charge is 0.507 e. The molecule has 0 aliphatic heterocycles. The molecule has 5 nitrogen and oxygen atoms in total. The van der Waals surface area contributed by atoms with Gasteiger partial charge in [-0.3, -0.25) is 4.68 Å². The Bertz CT molecular complexity index is 1060. The van der Waals surface area contributed by atoms with E-state index in [0.717, 1.165) is 44.8 Å². The molecule has 0 saturated heterocycles. The van der Waals surface area contributed by atoms with Gasteiger partial charge in [0.15, 0.2) is 0 Å². The minimum atomic E-state index is 0.227. The van der Waals surface area contributed by atoms with E-state index >= 15 is 0 Å². The maximum absolute atomic E-state index is 10.3. The average Bonchev–Trinajstić information content (AvgIpc) is 3.07. The molecule has 4 rings (SSSR count). The lowest BCUT2D eigenvalue weighted by Crippen LogP contribution is -1.91. The third kappa shape index (κ3) is 2.25. The van der Waals surface area contributed by atoms with Crippen LogP contribution in [0.1, 0.15) is 11.4 Å². The standard InChI is InChI=1S/C19H18N4O/c1-11-8-14-16(20-11)9-17(15-10-23(3)22-12(15)2)21-19(14)13-6-4-5-7-18(13)24/h4-10,20,24H,1-3H3. The number of pyridine rings is 1. The Labute approximate surface area is 139 Å². The van der Waals surface area contributed by atoms with Crippen LogP contribution in [0.2, 0.25) is 0 Å². The fourth-order valence-electron chi connectivity index (χ4n) is 3.14. The van der Waals surface area contributed by atoms with Gasteiger partial charge in [-0.25, -0.2) is 4.98 Å². The number of nitrogens with one attached hydrogen (secondary N) is 1. The van der Waals surface area contributed by atoms with Gasteiger partial charge < -0.3 is 10.1 Å². The van der Waals surface area contributed by atoms with Crippen LogP contribution in [-0.4, -0.2) is 24.9 Å². The molecule has 24 heavy (non-hydrogen) atoms. The van der Waals surface area contributed by atoms with E-state index in [1.54, 1.807) is 10.7 Å². The molecule has 0 aliphatic carbocycles. The van der Waals surface area contributed by atoms with Gasteiger partial charge in [0, 0.05) is 41.0 Å². The summed E-state index contributed by atoms with van der Waals surface area (Å²) in [7, 11) is 1.90. The highest BCUT2D eigenvalue weighted by Crippen LogP contribution is 2.36. The fraction of sp³-hybridized carbons (Fsp3) is 0.158. The Kier molecular flexibility index (Phi) is 3.16. The summed E-state index contributed by atoms with van der Waals surface area (Å²) in [4.78, 5) is 8.23. The molecule has 5 heteroatoms. The van der Waals surface area contributed by atoms with Gasteiger partial charge in [0.1, 0.15) is 5.75 Å². The van der Waals surface area contributed by atoms with Crippen LogP contribution in [0.5, 0.6) is 5.75 Å². The molecule has 0 radical (unpaired) electrons. The van der Waals surface area contributed by atoms with Crippen molar-refractivity contribution in [2.75, 3.05) is 0 Å². The van der Waals surface area contributed by atoms with Gasteiger partial charge in [-0.2, -0.15) is 5.10 Å². The second kappa shape index (κ2) is 5.23. The normalized spacial score (nSPS) is 11.3. The smallest absolute Gasteiger partial charge is 0.124 e. The zero-order valence-electron chi connectivity index (χ0n) is 13.8. The number of aromatic nitrogens is 4. The number of rotatable bonds is 2. The molecule has 0 amide bonds. The number of hydrogen-bond donors (Lipinski definition) is 2. The molecule has 4 aromatic rings. The maximum atomic E-state index is 10.3. The van der Waals surface area contributed by atoms with Crippen molar-refractivity contribution in [3.63, 3.8) is 0 Å². The summed E-state index contributed by atoms with van der Waals surface area (Å²) >= 11 is 0. The van der Waals surface area contributed by atoms with Crippen molar-refractivity contribution in [2.45, 2.75) is 13.8 Å². The number of H-pyrrole nitrogens is 1. The lowest BCUT2D eigenvalue weighted by molar-refractivity contribution is 0.477. The van der Waals surface area contributed by atoms with Crippen LogP contribution in [0.4, 0.5) is 0 Å². The monoisotopic (exact) mass is 318 g/mol. The van der Waals surface area contributed by atoms with E-state index in [9.17, 15) is 5.11 Å². The number of hydrogen-bond acceptors (Lipinski definition) is 3. The quantitative estimate of drug-likeness (QED) is 0.588.